The monoisotopic (exact) mass is 195 g/mol. The molecule has 80 valence electrons. The third kappa shape index (κ3) is 2.60. The summed E-state index contributed by atoms with van der Waals surface area (Å²) in [5, 5.41) is 0. The van der Waals surface area contributed by atoms with Gasteiger partial charge in [-0.05, 0) is 19.8 Å². The summed E-state index contributed by atoms with van der Waals surface area (Å²) in [6.45, 7) is 11.0. The van der Waals surface area contributed by atoms with Gasteiger partial charge in [-0.25, -0.2) is 0 Å². The number of ketones is 1. The van der Waals surface area contributed by atoms with Crippen molar-refractivity contribution in [3.63, 3.8) is 0 Å². The van der Waals surface area contributed by atoms with E-state index < -0.39 is 0 Å². The summed E-state index contributed by atoms with van der Waals surface area (Å²) in [6, 6.07) is 0.419. The lowest BCUT2D eigenvalue weighted by molar-refractivity contribution is -0.122. The third-order valence-electron chi connectivity index (χ3n) is 2.95. The van der Waals surface area contributed by atoms with Crippen LogP contribution in [0.1, 0.15) is 40.0 Å². The first-order valence-corrected chi connectivity index (χ1v) is 5.47. The summed E-state index contributed by atoms with van der Waals surface area (Å²) in [5.41, 5.74) is 1.10. The van der Waals surface area contributed by atoms with E-state index in [9.17, 15) is 4.79 Å². The Balaban J connectivity index is 2.51. The molecule has 0 aromatic rings. The fourth-order valence-corrected chi connectivity index (χ4v) is 2.02. The zero-order valence-corrected chi connectivity index (χ0v) is 9.55. The van der Waals surface area contributed by atoms with E-state index in [2.05, 4.69) is 11.5 Å². The molecule has 1 aliphatic heterocycles. The molecule has 1 fully saturated rings. The van der Waals surface area contributed by atoms with E-state index in [1.54, 1.807) is 0 Å². The molecule has 0 amide bonds. The first-order chi connectivity index (χ1) is 6.52. The van der Waals surface area contributed by atoms with Crippen molar-refractivity contribution in [1.29, 1.82) is 0 Å². The standard InChI is InChI=1S/C12H21NO/c1-9(2)12(14)8-11-6-5-7-13(11)10(3)4/h9,11H,3,5-8H2,1-2,4H3/t11-/m0/s1. The van der Waals surface area contributed by atoms with E-state index in [0.717, 1.165) is 18.7 Å². The Kier molecular flexibility index (Phi) is 3.73. The molecule has 0 N–H and O–H groups in total. The second kappa shape index (κ2) is 4.63. The van der Waals surface area contributed by atoms with Crippen molar-refractivity contribution in [3.05, 3.63) is 12.3 Å². The predicted molar refractivity (Wildman–Crippen MR) is 59.0 cm³/mol. The highest BCUT2D eigenvalue weighted by molar-refractivity contribution is 5.80. The Labute approximate surface area is 87.0 Å². The van der Waals surface area contributed by atoms with Crippen LogP contribution in [-0.2, 0) is 4.79 Å². The van der Waals surface area contributed by atoms with E-state index in [0.29, 0.717) is 18.2 Å². The van der Waals surface area contributed by atoms with Crippen molar-refractivity contribution >= 4 is 5.78 Å². The first-order valence-electron chi connectivity index (χ1n) is 5.47. The zero-order chi connectivity index (χ0) is 10.7. The van der Waals surface area contributed by atoms with Gasteiger partial charge in [0.05, 0.1) is 0 Å². The highest BCUT2D eigenvalue weighted by Gasteiger charge is 2.26. The second-order valence-electron chi connectivity index (χ2n) is 4.55. The van der Waals surface area contributed by atoms with Crippen LogP contribution in [0.5, 0.6) is 0 Å². The topological polar surface area (TPSA) is 20.3 Å². The smallest absolute Gasteiger partial charge is 0.137 e. The van der Waals surface area contributed by atoms with Crippen LogP contribution in [0.2, 0.25) is 0 Å². The lowest BCUT2D eigenvalue weighted by Gasteiger charge is -2.26. The van der Waals surface area contributed by atoms with Crippen LogP contribution in [0.3, 0.4) is 0 Å². The summed E-state index contributed by atoms with van der Waals surface area (Å²) in [4.78, 5) is 13.9. The first kappa shape index (κ1) is 11.3. The largest absolute Gasteiger partial charge is 0.372 e. The minimum Gasteiger partial charge on any atom is -0.372 e. The molecule has 1 atom stereocenters. The summed E-state index contributed by atoms with van der Waals surface area (Å²) in [6.07, 6.45) is 3.04. The van der Waals surface area contributed by atoms with Crippen LogP contribution < -0.4 is 0 Å². The van der Waals surface area contributed by atoms with Crippen LogP contribution in [-0.4, -0.2) is 23.3 Å². The van der Waals surface area contributed by atoms with E-state index in [1.807, 2.05) is 20.8 Å². The van der Waals surface area contributed by atoms with Crippen LogP contribution in [0.15, 0.2) is 12.3 Å². The Morgan fingerprint density at radius 3 is 2.71 bits per heavy atom. The molecule has 0 unspecified atom stereocenters. The molecule has 0 bridgehead atoms. The van der Waals surface area contributed by atoms with Crippen molar-refractivity contribution in [2.24, 2.45) is 5.92 Å². The van der Waals surface area contributed by atoms with E-state index >= 15 is 0 Å². The average Bonchev–Trinajstić information content (AvgIpc) is 2.52. The van der Waals surface area contributed by atoms with Gasteiger partial charge in [-0.15, -0.1) is 0 Å². The van der Waals surface area contributed by atoms with Crippen molar-refractivity contribution in [2.75, 3.05) is 6.54 Å². The normalized spacial score (nSPS) is 21.7. The fourth-order valence-electron chi connectivity index (χ4n) is 2.02. The molecule has 0 radical (unpaired) electrons. The number of likely N-dealkylation sites (tertiary alicyclic amines) is 1. The van der Waals surface area contributed by atoms with Gasteiger partial charge >= 0.3 is 0 Å². The van der Waals surface area contributed by atoms with Crippen LogP contribution in [0, 0.1) is 5.92 Å². The predicted octanol–water partition coefficient (Wildman–Crippen LogP) is 2.60. The van der Waals surface area contributed by atoms with Crippen LogP contribution in [0.4, 0.5) is 0 Å². The quantitative estimate of drug-likeness (QED) is 0.687. The van der Waals surface area contributed by atoms with Gasteiger partial charge in [0, 0.05) is 30.6 Å². The van der Waals surface area contributed by atoms with Gasteiger partial charge in [0.15, 0.2) is 0 Å². The lowest BCUT2D eigenvalue weighted by Crippen LogP contribution is -2.30. The fraction of sp³-hybridized carbons (Fsp3) is 0.750. The second-order valence-corrected chi connectivity index (χ2v) is 4.55. The summed E-state index contributed by atoms with van der Waals surface area (Å²) in [7, 11) is 0. The maximum absolute atomic E-state index is 11.6. The molecule has 14 heavy (non-hydrogen) atoms. The number of carbonyl (C=O) groups is 1. The Morgan fingerprint density at radius 1 is 1.57 bits per heavy atom. The molecule has 0 aromatic heterocycles. The van der Waals surface area contributed by atoms with Gasteiger partial charge < -0.3 is 4.90 Å². The van der Waals surface area contributed by atoms with E-state index in [-0.39, 0.29) is 5.92 Å². The van der Waals surface area contributed by atoms with Gasteiger partial charge in [-0.3, -0.25) is 4.79 Å². The molecule has 1 saturated heterocycles. The molecule has 1 heterocycles. The molecular formula is C12H21NO. The summed E-state index contributed by atoms with van der Waals surface area (Å²) in [5.74, 6) is 0.547. The number of rotatable bonds is 4. The Hall–Kier alpha value is -0.790. The van der Waals surface area contributed by atoms with Crippen molar-refractivity contribution < 1.29 is 4.79 Å². The molecule has 1 rings (SSSR count). The minimum absolute atomic E-state index is 0.169. The maximum atomic E-state index is 11.6. The molecule has 0 spiro atoms. The van der Waals surface area contributed by atoms with Crippen molar-refractivity contribution in [2.45, 2.75) is 46.1 Å². The number of hydrogen-bond acceptors (Lipinski definition) is 2. The zero-order valence-electron chi connectivity index (χ0n) is 9.55. The number of allylic oxidation sites excluding steroid dienone is 1. The van der Waals surface area contributed by atoms with Crippen molar-refractivity contribution in [3.8, 4) is 0 Å². The number of hydrogen-bond donors (Lipinski definition) is 0. The van der Waals surface area contributed by atoms with Crippen LogP contribution >= 0.6 is 0 Å². The molecule has 2 heteroatoms. The molecule has 0 aliphatic carbocycles. The molecule has 0 saturated carbocycles. The maximum Gasteiger partial charge on any atom is 0.137 e. The highest BCUT2D eigenvalue weighted by atomic mass is 16.1. The van der Waals surface area contributed by atoms with Crippen molar-refractivity contribution in [1.82, 2.24) is 4.90 Å². The van der Waals surface area contributed by atoms with E-state index in [1.165, 1.54) is 6.42 Å². The van der Waals surface area contributed by atoms with Gasteiger partial charge in [0.2, 0.25) is 0 Å². The number of carbonyl (C=O) groups excluding carboxylic acids is 1. The third-order valence-corrected chi connectivity index (χ3v) is 2.95. The summed E-state index contributed by atoms with van der Waals surface area (Å²) < 4.78 is 0. The number of Topliss-reactive ketones (excluding diaryl/α,β-unsaturated/α-hetero) is 1. The SMILES string of the molecule is C=C(C)N1CCC[C@H]1CC(=O)C(C)C. The lowest BCUT2D eigenvalue weighted by atomic mass is 10.00. The van der Waals surface area contributed by atoms with E-state index in [4.69, 9.17) is 0 Å². The Morgan fingerprint density at radius 2 is 2.21 bits per heavy atom. The molecular weight excluding hydrogens is 174 g/mol. The van der Waals surface area contributed by atoms with Gasteiger partial charge in [0.1, 0.15) is 5.78 Å². The Bertz CT molecular complexity index is 232. The van der Waals surface area contributed by atoms with Gasteiger partial charge in [0.25, 0.3) is 0 Å². The average molecular weight is 195 g/mol. The molecule has 1 aliphatic rings. The molecule has 2 nitrogen and oxygen atoms in total. The van der Waals surface area contributed by atoms with Gasteiger partial charge in [-0.2, -0.15) is 0 Å². The minimum atomic E-state index is 0.169. The highest BCUT2D eigenvalue weighted by Crippen LogP contribution is 2.24. The van der Waals surface area contributed by atoms with Gasteiger partial charge in [-0.1, -0.05) is 20.4 Å². The number of nitrogens with zero attached hydrogens (tertiary/aromatic N) is 1. The summed E-state index contributed by atoms with van der Waals surface area (Å²) >= 11 is 0. The van der Waals surface area contributed by atoms with Crippen LogP contribution in [0.25, 0.3) is 0 Å². The molecule has 0 aromatic carbocycles.